The van der Waals surface area contributed by atoms with Gasteiger partial charge in [-0.15, -0.1) is 0 Å². The van der Waals surface area contributed by atoms with E-state index in [1.807, 2.05) is 32.1 Å². The number of allylic oxidation sites excluding steroid dienone is 1. The second-order valence-electron chi connectivity index (χ2n) is 5.14. The molecule has 1 heterocycles. The maximum atomic E-state index is 11.4. The molecule has 0 saturated heterocycles. The third kappa shape index (κ3) is 5.75. The monoisotopic (exact) mass is 283 g/mol. The molecular formula is C15H25NO4. The van der Waals surface area contributed by atoms with Gasteiger partial charge < -0.3 is 19.9 Å². The van der Waals surface area contributed by atoms with E-state index in [0.717, 1.165) is 18.4 Å². The van der Waals surface area contributed by atoms with Crippen LogP contribution in [0.2, 0.25) is 0 Å². The first-order valence-corrected chi connectivity index (χ1v) is 7.00. The Morgan fingerprint density at radius 2 is 2.25 bits per heavy atom. The van der Waals surface area contributed by atoms with Crippen LogP contribution in [0.5, 0.6) is 0 Å². The first-order valence-electron chi connectivity index (χ1n) is 7.00. The number of hydrogen-bond acceptors (Lipinski definition) is 4. The molecule has 20 heavy (non-hydrogen) atoms. The molecule has 1 rings (SSSR count). The lowest BCUT2D eigenvalue weighted by Gasteiger charge is -2.23. The van der Waals surface area contributed by atoms with Crippen molar-refractivity contribution < 1.29 is 19.4 Å². The largest absolute Gasteiger partial charge is 0.445 e. The maximum absolute atomic E-state index is 11.4. The highest BCUT2D eigenvalue weighted by Crippen LogP contribution is 2.15. The van der Waals surface area contributed by atoms with Gasteiger partial charge in [0.1, 0.15) is 12.7 Å². The van der Waals surface area contributed by atoms with Crippen molar-refractivity contribution >= 4 is 6.09 Å². The molecule has 3 atom stereocenters. The fourth-order valence-electron chi connectivity index (χ4n) is 2.10. The third-order valence-corrected chi connectivity index (χ3v) is 3.27. The van der Waals surface area contributed by atoms with Crippen LogP contribution in [0, 0.1) is 5.92 Å². The van der Waals surface area contributed by atoms with Gasteiger partial charge in [0.05, 0.1) is 6.10 Å². The maximum Gasteiger partial charge on any atom is 0.407 e. The molecule has 1 amide bonds. The van der Waals surface area contributed by atoms with Gasteiger partial charge in [0.15, 0.2) is 0 Å². The molecule has 0 bridgehead atoms. The Kier molecular flexibility index (Phi) is 7.33. The van der Waals surface area contributed by atoms with Crippen LogP contribution in [0.4, 0.5) is 4.79 Å². The highest BCUT2D eigenvalue weighted by Gasteiger charge is 2.21. The number of carbonyl (C=O) groups excluding carboxylic acids is 1. The Hall–Kier alpha value is -1.33. The highest BCUT2D eigenvalue weighted by atomic mass is 16.5. The summed E-state index contributed by atoms with van der Waals surface area (Å²) < 4.78 is 10.4. The van der Waals surface area contributed by atoms with Gasteiger partial charge in [-0.3, -0.25) is 0 Å². The second-order valence-corrected chi connectivity index (χ2v) is 5.14. The Morgan fingerprint density at radius 3 is 2.95 bits per heavy atom. The van der Waals surface area contributed by atoms with Crippen molar-refractivity contribution in [3.63, 3.8) is 0 Å². The number of alkyl carbamates (subject to hydrolysis) is 1. The zero-order valence-corrected chi connectivity index (χ0v) is 12.5. The van der Waals surface area contributed by atoms with Gasteiger partial charge in [0.2, 0.25) is 0 Å². The number of carbonyl (C=O) groups is 1. The molecule has 0 aromatic rings. The van der Waals surface area contributed by atoms with Crippen molar-refractivity contribution in [2.75, 3.05) is 20.3 Å². The zero-order chi connectivity index (χ0) is 15.0. The van der Waals surface area contributed by atoms with Gasteiger partial charge in [-0.25, -0.2) is 4.79 Å². The predicted octanol–water partition coefficient (Wildman–Crippen LogP) is 2.02. The minimum absolute atomic E-state index is 0.0841. The molecule has 5 nitrogen and oxygen atoms in total. The number of aliphatic hydroxyl groups is 1. The number of rotatable bonds is 1. The summed E-state index contributed by atoms with van der Waals surface area (Å²) in [5, 5.41) is 13.0. The van der Waals surface area contributed by atoms with Crippen molar-refractivity contribution in [3.05, 3.63) is 23.8 Å². The molecule has 0 spiro atoms. The molecule has 0 radical (unpaired) electrons. The normalized spacial score (nSPS) is 34.1. The Bertz CT molecular complexity index is 365. The van der Waals surface area contributed by atoms with E-state index < -0.39 is 12.2 Å². The highest BCUT2D eigenvalue weighted by molar-refractivity contribution is 5.67. The van der Waals surface area contributed by atoms with Crippen molar-refractivity contribution in [3.8, 4) is 0 Å². The lowest BCUT2D eigenvalue weighted by atomic mass is 9.97. The molecule has 0 unspecified atom stereocenters. The van der Waals surface area contributed by atoms with Gasteiger partial charge in [-0.1, -0.05) is 25.2 Å². The van der Waals surface area contributed by atoms with Gasteiger partial charge in [0.25, 0.3) is 0 Å². The summed E-state index contributed by atoms with van der Waals surface area (Å²) in [6.07, 6.45) is 6.05. The van der Waals surface area contributed by atoms with Crippen LogP contribution < -0.4 is 5.32 Å². The molecule has 0 aliphatic carbocycles. The van der Waals surface area contributed by atoms with E-state index in [0.29, 0.717) is 6.54 Å². The number of amides is 1. The first kappa shape index (κ1) is 16.7. The Balaban J connectivity index is 2.78. The lowest BCUT2D eigenvalue weighted by molar-refractivity contribution is -0.00195. The predicted molar refractivity (Wildman–Crippen MR) is 77.4 cm³/mol. The quantitative estimate of drug-likeness (QED) is 0.722. The molecule has 1 aliphatic rings. The van der Waals surface area contributed by atoms with Crippen molar-refractivity contribution in [1.82, 2.24) is 5.32 Å². The zero-order valence-electron chi connectivity index (χ0n) is 12.5. The van der Waals surface area contributed by atoms with Crippen LogP contribution in [-0.4, -0.2) is 43.7 Å². The van der Waals surface area contributed by atoms with Crippen molar-refractivity contribution in [1.29, 1.82) is 0 Å². The standard InChI is InChI=1S/C15H25NO4/c1-11-9-12(2)14(17)13(19-3)7-5-4-6-8-16-15(18)20-10-11/h5,7,9,12-14,17H,4,6,8,10H2,1-3H3,(H,16,18)/b7-5+,11-9-/t12-,13+,14+/m1/s1. The smallest absolute Gasteiger partial charge is 0.407 e. The van der Waals surface area contributed by atoms with Crippen molar-refractivity contribution in [2.24, 2.45) is 5.92 Å². The molecule has 0 fully saturated rings. The molecular weight excluding hydrogens is 258 g/mol. The van der Waals surface area contributed by atoms with E-state index in [4.69, 9.17) is 9.47 Å². The van der Waals surface area contributed by atoms with Crippen LogP contribution in [-0.2, 0) is 9.47 Å². The molecule has 0 saturated carbocycles. The molecule has 1 aliphatic heterocycles. The van der Waals surface area contributed by atoms with Gasteiger partial charge in [0, 0.05) is 19.6 Å². The van der Waals surface area contributed by atoms with E-state index in [1.165, 1.54) is 0 Å². The number of nitrogens with one attached hydrogen (secondary N) is 1. The number of cyclic esters (lactones) is 1. The minimum atomic E-state index is -0.622. The van der Waals surface area contributed by atoms with Crippen LogP contribution in [0.15, 0.2) is 23.8 Å². The molecule has 5 heteroatoms. The average molecular weight is 283 g/mol. The molecule has 2 N–H and O–H groups in total. The fraction of sp³-hybridized carbons (Fsp3) is 0.667. The van der Waals surface area contributed by atoms with Crippen molar-refractivity contribution in [2.45, 2.75) is 38.9 Å². The number of aliphatic hydroxyl groups excluding tert-OH is 1. The van der Waals surface area contributed by atoms with Crippen LogP contribution >= 0.6 is 0 Å². The van der Waals surface area contributed by atoms with Crippen LogP contribution in [0.1, 0.15) is 26.7 Å². The average Bonchev–Trinajstić information content (AvgIpc) is 2.43. The van der Waals surface area contributed by atoms with E-state index >= 15 is 0 Å². The van der Waals surface area contributed by atoms with Gasteiger partial charge >= 0.3 is 6.09 Å². The Morgan fingerprint density at radius 1 is 1.50 bits per heavy atom. The molecule has 114 valence electrons. The van der Waals surface area contributed by atoms with E-state index in [9.17, 15) is 9.90 Å². The third-order valence-electron chi connectivity index (χ3n) is 3.27. The van der Waals surface area contributed by atoms with Gasteiger partial charge in [-0.2, -0.15) is 0 Å². The summed E-state index contributed by atoms with van der Waals surface area (Å²) >= 11 is 0. The SMILES string of the molecule is CO[C@H]1/C=C/CCCNC(=O)OC/C(C)=C\[C@@H](C)[C@@H]1O. The fourth-order valence-corrected chi connectivity index (χ4v) is 2.10. The van der Waals surface area contributed by atoms with Crippen LogP contribution in [0.25, 0.3) is 0 Å². The summed E-state index contributed by atoms with van der Waals surface area (Å²) in [5.74, 6) is -0.0841. The molecule has 0 aromatic heterocycles. The second kappa shape index (κ2) is 8.76. The topological polar surface area (TPSA) is 67.8 Å². The minimum Gasteiger partial charge on any atom is -0.445 e. The molecule has 0 aromatic carbocycles. The number of methoxy groups -OCH3 is 1. The Labute approximate surface area is 120 Å². The summed E-state index contributed by atoms with van der Waals surface area (Å²) in [5.41, 5.74) is 0.905. The number of ether oxygens (including phenoxy) is 2. The van der Waals surface area contributed by atoms with Crippen LogP contribution in [0.3, 0.4) is 0 Å². The van der Waals surface area contributed by atoms with E-state index in [2.05, 4.69) is 5.32 Å². The van der Waals surface area contributed by atoms with E-state index in [-0.39, 0.29) is 18.6 Å². The van der Waals surface area contributed by atoms with E-state index in [1.54, 1.807) is 7.11 Å². The summed E-state index contributed by atoms with van der Waals surface area (Å²) in [6, 6.07) is 0. The summed E-state index contributed by atoms with van der Waals surface area (Å²) in [7, 11) is 1.59. The summed E-state index contributed by atoms with van der Waals surface area (Å²) in [4.78, 5) is 11.4. The first-order chi connectivity index (χ1) is 9.54. The summed E-state index contributed by atoms with van der Waals surface area (Å²) in [6.45, 7) is 4.60. The van der Waals surface area contributed by atoms with Gasteiger partial charge in [-0.05, 0) is 25.3 Å². The lowest BCUT2D eigenvalue weighted by Crippen LogP contribution is -2.32. The number of hydrogen-bond donors (Lipinski definition) is 2.